The van der Waals surface area contributed by atoms with Gasteiger partial charge in [0.2, 0.25) is 5.88 Å². The molecule has 1 aliphatic heterocycles. The van der Waals surface area contributed by atoms with Gasteiger partial charge in [-0.25, -0.2) is 9.78 Å². The van der Waals surface area contributed by atoms with Crippen molar-refractivity contribution in [3.8, 4) is 16.5 Å². The van der Waals surface area contributed by atoms with Gasteiger partial charge in [0.15, 0.2) is 11.1 Å². The third-order valence-corrected chi connectivity index (χ3v) is 8.07. The van der Waals surface area contributed by atoms with Crippen LogP contribution in [0, 0.1) is 0 Å². The minimum atomic E-state index is -0.501. The van der Waals surface area contributed by atoms with Crippen LogP contribution in [0.4, 0.5) is 0 Å². The van der Waals surface area contributed by atoms with Crippen molar-refractivity contribution >= 4 is 29.0 Å². The highest BCUT2D eigenvalue weighted by Gasteiger charge is 2.22. The normalized spacial score (nSPS) is 18.0. The third-order valence-electron chi connectivity index (χ3n) is 6.96. The number of carbonyl (C=O) groups excluding carboxylic acids is 1. The second-order valence-electron chi connectivity index (χ2n) is 9.93. The van der Waals surface area contributed by atoms with Crippen molar-refractivity contribution in [2.24, 2.45) is 4.99 Å². The van der Waals surface area contributed by atoms with E-state index >= 15 is 0 Å². The molecule has 11 nitrogen and oxygen atoms in total. The highest BCUT2D eigenvalue weighted by atomic mass is 32.1. The van der Waals surface area contributed by atoms with Gasteiger partial charge in [0.1, 0.15) is 5.69 Å². The van der Waals surface area contributed by atoms with Crippen LogP contribution in [0.5, 0.6) is 5.88 Å². The smallest absolute Gasteiger partial charge is 0.326 e. The second-order valence-corrected chi connectivity index (χ2v) is 11.0. The molecule has 0 bridgehead atoms. The predicted molar refractivity (Wildman–Crippen MR) is 144 cm³/mol. The minimum absolute atomic E-state index is 0.0680. The summed E-state index contributed by atoms with van der Waals surface area (Å²) < 4.78 is 1.67. The first kappa shape index (κ1) is 24.6. The van der Waals surface area contributed by atoms with Crippen molar-refractivity contribution in [3.05, 3.63) is 56.2 Å². The number of nitrogens with one attached hydrogen (secondary N) is 3. The highest BCUT2D eigenvalue weighted by Crippen LogP contribution is 2.27. The Bertz CT molecular complexity index is 1660. The van der Waals surface area contributed by atoms with Gasteiger partial charge in [0.25, 0.3) is 5.91 Å². The van der Waals surface area contributed by atoms with E-state index in [0.29, 0.717) is 26.9 Å². The van der Waals surface area contributed by atoms with Crippen LogP contribution >= 0.6 is 11.3 Å². The number of thiophene rings is 1. The van der Waals surface area contributed by atoms with Crippen molar-refractivity contribution in [2.75, 3.05) is 19.6 Å². The van der Waals surface area contributed by atoms with Crippen LogP contribution in [0.1, 0.15) is 54.4 Å². The fraction of sp³-hybridized carbons (Fsp3) is 0.423. The van der Waals surface area contributed by atoms with Gasteiger partial charge in [-0.15, -0.1) is 11.3 Å². The second kappa shape index (κ2) is 10.2. The molecule has 12 heteroatoms. The molecular formula is C26H30N8O3S. The maximum atomic E-state index is 13.1. The van der Waals surface area contributed by atoms with Gasteiger partial charge in [0, 0.05) is 23.9 Å². The van der Waals surface area contributed by atoms with Crippen molar-refractivity contribution in [3.63, 3.8) is 0 Å². The molecule has 198 valence electrons. The summed E-state index contributed by atoms with van der Waals surface area (Å²) >= 11 is 1.40. The first-order valence-corrected chi connectivity index (χ1v) is 13.9. The Hall–Kier alpha value is -3.77. The van der Waals surface area contributed by atoms with Crippen molar-refractivity contribution in [1.82, 2.24) is 34.8 Å². The molecule has 1 saturated heterocycles. The van der Waals surface area contributed by atoms with E-state index in [2.05, 4.69) is 32.2 Å². The summed E-state index contributed by atoms with van der Waals surface area (Å²) in [4.78, 5) is 43.1. The molecule has 4 aromatic rings. The Morgan fingerprint density at radius 2 is 2.13 bits per heavy atom. The number of nitrogens with zero attached hydrogens (tertiary/aromatic N) is 5. The lowest BCUT2D eigenvalue weighted by Gasteiger charge is -2.23. The van der Waals surface area contributed by atoms with E-state index in [4.69, 9.17) is 9.98 Å². The maximum absolute atomic E-state index is 13.1. The molecule has 4 aromatic heterocycles. The molecule has 2 fully saturated rings. The molecule has 38 heavy (non-hydrogen) atoms. The third kappa shape index (κ3) is 5.14. The summed E-state index contributed by atoms with van der Waals surface area (Å²) in [6, 6.07) is 6.03. The van der Waals surface area contributed by atoms with Gasteiger partial charge in [0.05, 0.1) is 27.7 Å². The number of hydrogen-bond donors (Lipinski definition) is 4. The molecule has 5 heterocycles. The molecule has 2 aliphatic rings. The largest absolute Gasteiger partial charge is 0.493 e. The molecule has 1 unspecified atom stereocenters. The van der Waals surface area contributed by atoms with Gasteiger partial charge in [-0.05, 0) is 63.4 Å². The molecule has 0 aromatic carbocycles. The highest BCUT2D eigenvalue weighted by molar-refractivity contribution is 7.17. The van der Waals surface area contributed by atoms with Crippen LogP contribution in [0.3, 0.4) is 0 Å². The van der Waals surface area contributed by atoms with E-state index in [1.54, 1.807) is 16.8 Å². The van der Waals surface area contributed by atoms with Gasteiger partial charge < -0.3 is 20.3 Å². The topological polar surface area (TPSA) is 144 Å². The summed E-state index contributed by atoms with van der Waals surface area (Å²) in [5.41, 5.74) is 1.65. The Labute approximate surface area is 222 Å². The average Bonchev–Trinajstić information content (AvgIpc) is 3.32. The SMILES string of the molecule is CCC(CN1CCCC1)NC(=O)c1ccc(-c2cc(=NC3CC3)n3nc/c(=C/c4[nH]c(=O)[nH]c4O)c3n2)s1. The predicted octanol–water partition coefficient (Wildman–Crippen LogP) is 1.39. The number of amides is 1. The molecule has 0 radical (unpaired) electrons. The van der Waals surface area contributed by atoms with Crippen LogP contribution in [0.15, 0.2) is 34.2 Å². The van der Waals surface area contributed by atoms with E-state index < -0.39 is 5.69 Å². The zero-order valence-corrected chi connectivity index (χ0v) is 21.9. The zero-order valence-electron chi connectivity index (χ0n) is 21.1. The van der Waals surface area contributed by atoms with E-state index in [1.165, 1.54) is 24.2 Å². The Kier molecular flexibility index (Phi) is 6.58. The average molecular weight is 535 g/mol. The van der Waals surface area contributed by atoms with Crippen LogP contribution in [0.2, 0.25) is 0 Å². The number of aromatic nitrogens is 5. The van der Waals surface area contributed by atoms with E-state index in [0.717, 1.165) is 43.8 Å². The van der Waals surface area contributed by atoms with Crippen LogP contribution in [-0.4, -0.2) is 72.2 Å². The first-order chi connectivity index (χ1) is 18.5. The Morgan fingerprint density at radius 3 is 2.84 bits per heavy atom. The lowest BCUT2D eigenvalue weighted by Crippen LogP contribution is -2.42. The van der Waals surface area contributed by atoms with Crippen LogP contribution in [0.25, 0.3) is 22.3 Å². The van der Waals surface area contributed by atoms with E-state index in [-0.39, 0.29) is 29.6 Å². The fourth-order valence-corrected chi connectivity index (χ4v) is 5.60. The lowest BCUT2D eigenvalue weighted by molar-refractivity contribution is 0.0930. The number of hydrogen-bond acceptors (Lipinski definition) is 8. The number of carbonyl (C=O) groups is 1. The van der Waals surface area contributed by atoms with Gasteiger partial charge in [-0.1, -0.05) is 6.92 Å². The zero-order chi connectivity index (χ0) is 26.2. The summed E-state index contributed by atoms with van der Waals surface area (Å²) in [5.74, 6) is -0.320. The molecule has 1 atom stereocenters. The molecule has 1 aliphatic carbocycles. The summed E-state index contributed by atoms with van der Waals surface area (Å²) in [7, 11) is 0. The number of H-pyrrole nitrogens is 2. The summed E-state index contributed by atoms with van der Waals surface area (Å²) in [5, 5.41) is 18.3. The molecule has 4 N–H and O–H groups in total. The van der Waals surface area contributed by atoms with Gasteiger partial charge >= 0.3 is 5.69 Å². The number of imidazole rings is 1. The maximum Gasteiger partial charge on any atom is 0.326 e. The van der Waals surface area contributed by atoms with Crippen molar-refractivity contribution < 1.29 is 9.90 Å². The van der Waals surface area contributed by atoms with E-state index in [9.17, 15) is 14.7 Å². The number of fused-ring (bicyclic) bond motifs is 1. The molecule has 1 saturated carbocycles. The van der Waals surface area contributed by atoms with Gasteiger partial charge in [-0.2, -0.15) is 9.61 Å². The number of rotatable bonds is 8. The van der Waals surface area contributed by atoms with E-state index in [1.807, 2.05) is 18.2 Å². The Balaban J connectivity index is 1.33. The monoisotopic (exact) mass is 534 g/mol. The Morgan fingerprint density at radius 1 is 1.32 bits per heavy atom. The quantitative estimate of drug-likeness (QED) is 0.269. The van der Waals surface area contributed by atoms with Crippen LogP contribution < -0.4 is 21.7 Å². The fourth-order valence-electron chi connectivity index (χ4n) is 4.73. The number of likely N-dealkylation sites (tertiary alicyclic amines) is 1. The summed E-state index contributed by atoms with van der Waals surface area (Å²) in [6.07, 6.45) is 8.66. The molecule has 1 amide bonds. The van der Waals surface area contributed by atoms with Crippen molar-refractivity contribution in [1.29, 1.82) is 0 Å². The minimum Gasteiger partial charge on any atom is -0.493 e. The molecular weight excluding hydrogens is 504 g/mol. The lowest BCUT2D eigenvalue weighted by atomic mass is 10.2. The summed E-state index contributed by atoms with van der Waals surface area (Å²) in [6.45, 7) is 5.19. The molecule has 6 rings (SSSR count). The van der Waals surface area contributed by atoms with Crippen LogP contribution in [-0.2, 0) is 0 Å². The van der Waals surface area contributed by atoms with Gasteiger partial charge in [-0.3, -0.25) is 14.8 Å². The van der Waals surface area contributed by atoms with Crippen molar-refractivity contribution in [2.45, 2.75) is 51.1 Å². The molecule has 0 spiro atoms. The standard InChI is InChI=1S/C26H30N8O3S/c1-2-16(14-33-9-3-4-10-33)29-25(36)21-8-7-20(38-21)18-12-22(28-17-5-6-17)34-23(30-18)15(13-27-34)11-19-24(35)32-26(37)31-19/h7-8,11-13,16-17,35H,2-6,9-10,14H2,1H3,(H,29,36)(H2,31,32,37)/b15-11-,28-22?. The number of aromatic hydroxyl groups is 1. The number of aromatic amines is 2. The first-order valence-electron chi connectivity index (χ1n) is 13.1.